The van der Waals surface area contributed by atoms with Gasteiger partial charge in [-0.25, -0.2) is 8.78 Å². The van der Waals surface area contributed by atoms with Crippen LogP contribution in [0.25, 0.3) is 11.1 Å². The first-order chi connectivity index (χ1) is 18.7. The maximum atomic E-state index is 14.8. The molecular formula is C36H24F2. The molecule has 0 fully saturated rings. The molecule has 5 aromatic carbocycles. The molecule has 1 unspecified atom stereocenters. The van der Waals surface area contributed by atoms with E-state index in [-0.39, 0.29) is 17.6 Å². The van der Waals surface area contributed by atoms with Gasteiger partial charge in [-0.3, -0.25) is 0 Å². The van der Waals surface area contributed by atoms with Crippen LogP contribution < -0.4 is 0 Å². The smallest absolute Gasteiger partial charge is 0.123 e. The van der Waals surface area contributed by atoms with E-state index in [2.05, 4.69) is 60.7 Å². The number of fused-ring (bicyclic) bond motifs is 2. The molecule has 5 aromatic rings. The molecule has 0 amide bonds. The van der Waals surface area contributed by atoms with Crippen LogP contribution in [-0.4, -0.2) is 0 Å². The van der Waals surface area contributed by atoms with E-state index in [0.29, 0.717) is 0 Å². The van der Waals surface area contributed by atoms with Crippen LogP contribution in [0.15, 0.2) is 139 Å². The number of hydrogen-bond acceptors (Lipinski definition) is 0. The van der Waals surface area contributed by atoms with Gasteiger partial charge in [-0.1, -0.05) is 103 Å². The fourth-order valence-electron chi connectivity index (χ4n) is 6.21. The van der Waals surface area contributed by atoms with Crippen LogP contribution >= 0.6 is 0 Å². The predicted octanol–water partition coefficient (Wildman–Crippen LogP) is 8.97. The van der Waals surface area contributed by atoms with Crippen molar-refractivity contribution < 1.29 is 8.78 Å². The van der Waals surface area contributed by atoms with Gasteiger partial charge < -0.3 is 0 Å². The standard InChI is InChI=1S/C36H24F2/c37-27-17-15-25(16-18-27)34-30-20-19-28(38)22-31(30)35(24-11-5-2-6-12-24)36(34)32-21-26-13-7-8-14-29(26)33(32)23-9-3-1-4-10-23/h1-20,22,35H,21H2. The zero-order valence-electron chi connectivity index (χ0n) is 20.7. The van der Waals surface area contributed by atoms with E-state index >= 15 is 0 Å². The van der Waals surface area contributed by atoms with Crippen molar-refractivity contribution in [1.29, 1.82) is 0 Å². The Morgan fingerprint density at radius 2 is 1.16 bits per heavy atom. The van der Waals surface area contributed by atoms with Crippen molar-refractivity contribution >= 4 is 11.1 Å². The van der Waals surface area contributed by atoms with Gasteiger partial charge >= 0.3 is 0 Å². The fourth-order valence-corrected chi connectivity index (χ4v) is 6.21. The summed E-state index contributed by atoms with van der Waals surface area (Å²) in [4.78, 5) is 0. The highest BCUT2D eigenvalue weighted by Crippen LogP contribution is 2.55. The number of allylic oxidation sites excluding steroid dienone is 2. The predicted molar refractivity (Wildman–Crippen MR) is 150 cm³/mol. The van der Waals surface area contributed by atoms with Crippen LogP contribution in [0, 0.1) is 11.6 Å². The van der Waals surface area contributed by atoms with Gasteiger partial charge in [0.25, 0.3) is 0 Å². The molecule has 0 aliphatic heterocycles. The van der Waals surface area contributed by atoms with Gasteiger partial charge in [-0.15, -0.1) is 0 Å². The van der Waals surface area contributed by atoms with Crippen LogP contribution in [-0.2, 0) is 6.42 Å². The Balaban J connectivity index is 1.60. The Labute approximate surface area is 221 Å². The number of benzene rings is 5. The second-order valence-electron chi connectivity index (χ2n) is 9.92. The molecule has 1 atom stereocenters. The minimum atomic E-state index is -0.273. The van der Waals surface area contributed by atoms with Crippen LogP contribution in [0.4, 0.5) is 8.78 Å². The maximum absolute atomic E-state index is 14.8. The first-order valence-corrected chi connectivity index (χ1v) is 12.9. The van der Waals surface area contributed by atoms with Crippen LogP contribution in [0.3, 0.4) is 0 Å². The summed E-state index contributed by atoms with van der Waals surface area (Å²) in [6.45, 7) is 0. The molecule has 0 radical (unpaired) electrons. The normalized spacial score (nSPS) is 16.1. The summed E-state index contributed by atoms with van der Waals surface area (Å²) in [7, 11) is 0. The highest BCUT2D eigenvalue weighted by Gasteiger charge is 2.38. The van der Waals surface area contributed by atoms with Crippen molar-refractivity contribution in [2.24, 2.45) is 0 Å². The molecule has 0 saturated heterocycles. The molecule has 182 valence electrons. The third-order valence-electron chi connectivity index (χ3n) is 7.76. The molecule has 0 nitrogen and oxygen atoms in total. The van der Waals surface area contributed by atoms with E-state index in [1.165, 1.54) is 46.0 Å². The van der Waals surface area contributed by atoms with E-state index < -0.39 is 0 Å². The van der Waals surface area contributed by atoms with Crippen LogP contribution in [0.1, 0.15) is 44.9 Å². The summed E-state index contributed by atoms with van der Waals surface area (Å²) in [6, 6.07) is 41.2. The highest BCUT2D eigenvalue weighted by molar-refractivity contribution is 5.98. The Bertz CT molecular complexity index is 1730. The van der Waals surface area contributed by atoms with E-state index in [4.69, 9.17) is 0 Å². The Morgan fingerprint density at radius 3 is 1.92 bits per heavy atom. The van der Waals surface area contributed by atoms with E-state index in [9.17, 15) is 8.78 Å². The lowest BCUT2D eigenvalue weighted by Crippen LogP contribution is -2.06. The second kappa shape index (κ2) is 9.08. The summed E-state index contributed by atoms with van der Waals surface area (Å²) in [6.07, 6.45) is 0.778. The second-order valence-corrected chi connectivity index (χ2v) is 9.92. The summed E-state index contributed by atoms with van der Waals surface area (Å²) in [5, 5.41) is 0. The first kappa shape index (κ1) is 22.6. The topological polar surface area (TPSA) is 0 Å². The molecule has 2 heteroatoms. The highest BCUT2D eigenvalue weighted by atomic mass is 19.1. The molecule has 38 heavy (non-hydrogen) atoms. The average molecular weight is 495 g/mol. The summed E-state index contributed by atoms with van der Waals surface area (Å²) < 4.78 is 28.9. The lowest BCUT2D eigenvalue weighted by atomic mass is 9.81. The molecular weight excluding hydrogens is 470 g/mol. The van der Waals surface area contributed by atoms with Crippen molar-refractivity contribution in [2.45, 2.75) is 12.3 Å². The monoisotopic (exact) mass is 494 g/mol. The van der Waals surface area contributed by atoms with Gasteiger partial charge in [-0.2, -0.15) is 0 Å². The molecule has 0 N–H and O–H groups in total. The average Bonchev–Trinajstić information content (AvgIpc) is 3.50. The molecule has 0 aromatic heterocycles. The number of hydrogen-bond donors (Lipinski definition) is 0. The van der Waals surface area contributed by atoms with Crippen LogP contribution in [0.2, 0.25) is 0 Å². The first-order valence-electron chi connectivity index (χ1n) is 12.9. The van der Waals surface area contributed by atoms with Crippen LogP contribution in [0.5, 0.6) is 0 Å². The van der Waals surface area contributed by atoms with Crippen molar-refractivity contribution in [2.75, 3.05) is 0 Å². The lowest BCUT2D eigenvalue weighted by Gasteiger charge is -2.21. The Morgan fingerprint density at radius 1 is 0.526 bits per heavy atom. The van der Waals surface area contributed by atoms with E-state index in [1.54, 1.807) is 6.07 Å². The summed E-state index contributed by atoms with van der Waals surface area (Å²) >= 11 is 0. The SMILES string of the molecule is Fc1ccc(C2=C(C3=C(c4ccccc4)c4ccccc4C3)C(c3ccccc3)c3cc(F)ccc32)cc1. The van der Waals surface area contributed by atoms with E-state index in [0.717, 1.165) is 39.8 Å². The zero-order valence-corrected chi connectivity index (χ0v) is 20.7. The molecule has 7 rings (SSSR count). The van der Waals surface area contributed by atoms with E-state index in [1.807, 2.05) is 42.5 Å². The quantitative estimate of drug-likeness (QED) is 0.234. The largest absolute Gasteiger partial charge is 0.207 e. The summed E-state index contributed by atoms with van der Waals surface area (Å²) in [5.41, 5.74) is 12.3. The number of halogens is 2. The third-order valence-corrected chi connectivity index (χ3v) is 7.76. The zero-order chi connectivity index (χ0) is 25.6. The van der Waals surface area contributed by atoms with Gasteiger partial charge in [-0.05, 0) is 91.9 Å². The minimum Gasteiger partial charge on any atom is -0.207 e. The fraction of sp³-hybridized carbons (Fsp3) is 0.0556. The molecule has 0 saturated carbocycles. The van der Waals surface area contributed by atoms with Gasteiger partial charge in [0.1, 0.15) is 11.6 Å². The molecule has 0 bridgehead atoms. The van der Waals surface area contributed by atoms with Crippen molar-refractivity contribution in [3.05, 3.63) is 189 Å². The van der Waals surface area contributed by atoms with Gasteiger partial charge in [0.15, 0.2) is 0 Å². The number of rotatable bonds is 4. The van der Waals surface area contributed by atoms with Crippen molar-refractivity contribution in [3.8, 4) is 0 Å². The molecule has 2 aliphatic carbocycles. The van der Waals surface area contributed by atoms with Crippen molar-refractivity contribution in [1.82, 2.24) is 0 Å². The van der Waals surface area contributed by atoms with Crippen molar-refractivity contribution in [3.63, 3.8) is 0 Å². The third kappa shape index (κ3) is 3.64. The minimum absolute atomic E-state index is 0.148. The maximum Gasteiger partial charge on any atom is 0.123 e. The molecule has 0 heterocycles. The Kier molecular flexibility index (Phi) is 5.40. The molecule has 0 spiro atoms. The Hall–Kier alpha value is -4.56. The molecule has 2 aliphatic rings. The van der Waals surface area contributed by atoms with Gasteiger partial charge in [0.05, 0.1) is 0 Å². The lowest BCUT2D eigenvalue weighted by molar-refractivity contribution is 0.625. The van der Waals surface area contributed by atoms with Gasteiger partial charge in [0.2, 0.25) is 0 Å². The van der Waals surface area contributed by atoms with Gasteiger partial charge in [0, 0.05) is 5.92 Å². The summed E-state index contributed by atoms with van der Waals surface area (Å²) in [5.74, 6) is -0.674.